The lowest BCUT2D eigenvalue weighted by molar-refractivity contribution is -0.0504. The van der Waals surface area contributed by atoms with E-state index in [9.17, 15) is 13.9 Å². The van der Waals surface area contributed by atoms with Crippen molar-refractivity contribution >= 4 is 22.8 Å². The minimum Gasteiger partial charge on any atom is -0.481 e. The summed E-state index contributed by atoms with van der Waals surface area (Å²) in [4.78, 5) is 10.1. The molecule has 0 radical (unpaired) electrons. The summed E-state index contributed by atoms with van der Waals surface area (Å²) < 4.78 is 38.0. The van der Waals surface area contributed by atoms with Crippen molar-refractivity contribution in [1.82, 2.24) is 14.5 Å². The molecule has 0 aliphatic heterocycles. The van der Waals surface area contributed by atoms with Crippen LogP contribution < -0.4 is 9.47 Å². The second kappa shape index (κ2) is 11.2. The molecule has 0 saturated heterocycles. The molecule has 0 aliphatic rings. The van der Waals surface area contributed by atoms with E-state index in [0.717, 1.165) is 21.5 Å². The summed E-state index contributed by atoms with van der Waals surface area (Å²) in [7, 11) is 1.56. The summed E-state index contributed by atoms with van der Waals surface area (Å²) in [5.41, 5.74) is 4.37. The largest absolute Gasteiger partial charge is 0.481 e. The molecule has 194 valence electrons. The van der Waals surface area contributed by atoms with Crippen LogP contribution in [0.5, 0.6) is 11.6 Å². The Kier molecular flexibility index (Phi) is 7.57. The number of thioether (sulfide) groups is 1. The number of hydrogen-bond donors (Lipinski definition) is 1. The van der Waals surface area contributed by atoms with Gasteiger partial charge in [0.15, 0.2) is 0 Å². The number of aliphatic hydroxyl groups is 1. The van der Waals surface area contributed by atoms with Gasteiger partial charge in [-0.15, -0.1) is 11.8 Å². The van der Waals surface area contributed by atoms with Crippen LogP contribution in [0, 0.1) is 0 Å². The number of ether oxygens (including phenoxy) is 2. The highest BCUT2D eigenvalue weighted by atomic mass is 32.2. The van der Waals surface area contributed by atoms with E-state index in [4.69, 9.17) is 14.5 Å². The molecule has 0 fully saturated rings. The van der Waals surface area contributed by atoms with Crippen molar-refractivity contribution < 1.29 is 23.4 Å². The molecule has 5 rings (SSSR count). The highest BCUT2D eigenvalue weighted by molar-refractivity contribution is 7.98. The van der Waals surface area contributed by atoms with E-state index in [0.29, 0.717) is 28.3 Å². The Morgan fingerprint density at radius 2 is 1.74 bits per heavy atom. The number of aromatic nitrogens is 3. The number of alkyl halides is 2. The van der Waals surface area contributed by atoms with E-state index in [-0.39, 0.29) is 12.3 Å². The predicted molar refractivity (Wildman–Crippen MR) is 144 cm³/mol. The van der Waals surface area contributed by atoms with Gasteiger partial charge < -0.3 is 19.1 Å². The van der Waals surface area contributed by atoms with Crippen LogP contribution in [0.25, 0.3) is 22.2 Å². The minimum absolute atomic E-state index is 0.0737. The SMILES string of the molecule is COc1ccc(-c2ccc3nc(C(O)c4ccc(SC)cc4)n(Cc4ccccc4OC(F)F)c3c2)cn1. The Labute approximate surface area is 222 Å². The molecule has 9 heteroatoms. The molecule has 5 aromatic rings. The third-order valence-electron chi connectivity index (χ3n) is 6.25. The number of rotatable bonds is 9. The van der Waals surface area contributed by atoms with Crippen LogP contribution in [0.2, 0.25) is 0 Å². The van der Waals surface area contributed by atoms with Crippen molar-refractivity contribution in [3.63, 3.8) is 0 Å². The van der Waals surface area contributed by atoms with E-state index in [2.05, 4.69) is 4.98 Å². The van der Waals surface area contributed by atoms with Gasteiger partial charge in [-0.1, -0.05) is 36.4 Å². The number of benzene rings is 3. The van der Waals surface area contributed by atoms with E-state index in [1.807, 2.05) is 59.4 Å². The number of halogens is 2. The maximum Gasteiger partial charge on any atom is 0.387 e. The van der Waals surface area contributed by atoms with Crippen LogP contribution in [-0.4, -0.2) is 39.6 Å². The van der Waals surface area contributed by atoms with Gasteiger partial charge in [0.25, 0.3) is 0 Å². The smallest absolute Gasteiger partial charge is 0.387 e. The fourth-order valence-corrected chi connectivity index (χ4v) is 4.73. The summed E-state index contributed by atoms with van der Waals surface area (Å²) >= 11 is 1.61. The van der Waals surface area contributed by atoms with Gasteiger partial charge >= 0.3 is 6.61 Å². The lowest BCUT2D eigenvalue weighted by Crippen LogP contribution is -2.12. The normalized spacial score (nSPS) is 12.2. The van der Waals surface area contributed by atoms with Gasteiger partial charge in [-0.2, -0.15) is 8.78 Å². The molecule has 3 aromatic carbocycles. The lowest BCUT2D eigenvalue weighted by Gasteiger charge is -2.17. The second-order valence-corrected chi connectivity index (χ2v) is 9.39. The summed E-state index contributed by atoms with van der Waals surface area (Å²) in [6.07, 6.45) is 2.67. The van der Waals surface area contributed by atoms with Crippen LogP contribution in [0.3, 0.4) is 0 Å². The van der Waals surface area contributed by atoms with Crippen LogP contribution >= 0.6 is 11.8 Å². The summed E-state index contributed by atoms with van der Waals surface area (Å²) in [5.74, 6) is 0.979. The van der Waals surface area contributed by atoms with Gasteiger partial charge in [-0.3, -0.25) is 0 Å². The van der Waals surface area contributed by atoms with E-state index in [1.165, 1.54) is 6.07 Å². The Balaban J connectivity index is 1.63. The third kappa shape index (κ3) is 5.34. The van der Waals surface area contributed by atoms with E-state index < -0.39 is 12.7 Å². The van der Waals surface area contributed by atoms with Crippen molar-refractivity contribution in [2.45, 2.75) is 24.2 Å². The molecule has 2 aromatic heterocycles. The van der Waals surface area contributed by atoms with Crippen LogP contribution in [-0.2, 0) is 6.54 Å². The number of nitrogens with zero attached hydrogens (tertiary/aromatic N) is 3. The zero-order chi connectivity index (χ0) is 26.6. The molecule has 2 heterocycles. The fourth-order valence-electron chi connectivity index (χ4n) is 4.32. The van der Waals surface area contributed by atoms with Gasteiger partial charge in [0, 0.05) is 28.3 Å². The van der Waals surface area contributed by atoms with Gasteiger partial charge in [0.05, 0.1) is 24.7 Å². The molecule has 38 heavy (non-hydrogen) atoms. The van der Waals surface area contributed by atoms with E-state index in [1.54, 1.807) is 49.3 Å². The molecule has 0 saturated carbocycles. The Bertz CT molecular complexity index is 1540. The van der Waals surface area contributed by atoms with E-state index >= 15 is 0 Å². The average Bonchev–Trinajstić information content (AvgIpc) is 3.31. The summed E-state index contributed by atoms with van der Waals surface area (Å²) in [6, 6.07) is 23.7. The number of hydrogen-bond acceptors (Lipinski definition) is 6. The van der Waals surface area contributed by atoms with Crippen LogP contribution in [0.15, 0.2) is 90.0 Å². The quantitative estimate of drug-likeness (QED) is 0.217. The topological polar surface area (TPSA) is 69.4 Å². The van der Waals surface area contributed by atoms with Gasteiger partial charge in [0.2, 0.25) is 5.88 Å². The number of aliphatic hydroxyl groups excluding tert-OH is 1. The van der Waals surface area contributed by atoms with Crippen LogP contribution in [0.1, 0.15) is 23.1 Å². The van der Waals surface area contributed by atoms with Crippen molar-refractivity contribution in [2.24, 2.45) is 0 Å². The van der Waals surface area contributed by atoms with Crippen molar-refractivity contribution in [3.8, 4) is 22.8 Å². The Morgan fingerprint density at radius 3 is 2.42 bits per heavy atom. The Hall–Kier alpha value is -3.95. The highest BCUT2D eigenvalue weighted by Gasteiger charge is 2.22. The lowest BCUT2D eigenvalue weighted by atomic mass is 10.1. The van der Waals surface area contributed by atoms with Crippen molar-refractivity contribution in [1.29, 1.82) is 0 Å². The van der Waals surface area contributed by atoms with Crippen molar-refractivity contribution in [2.75, 3.05) is 13.4 Å². The highest BCUT2D eigenvalue weighted by Crippen LogP contribution is 2.32. The Morgan fingerprint density at radius 1 is 0.974 bits per heavy atom. The number of imidazole rings is 1. The second-order valence-electron chi connectivity index (χ2n) is 8.51. The molecule has 1 atom stereocenters. The molecule has 1 unspecified atom stereocenters. The first-order valence-corrected chi connectivity index (χ1v) is 13.0. The number of fused-ring (bicyclic) bond motifs is 1. The standard InChI is InChI=1S/C29H25F2N3O3S/c1-36-26-14-10-20(16-32-26)19-9-13-23-24(15-19)34(17-21-5-3-4-6-25(21)37-29(30)31)28(33-23)27(35)18-7-11-22(38-2)12-8-18/h3-16,27,29,35H,17H2,1-2H3. The predicted octanol–water partition coefficient (Wildman–Crippen LogP) is 6.56. The zero-order valence-corrected chi connectivity index (χ0v) is 21.5. The average molecular weight is 534 g/mol. The fraction of sp³-hybridized carbons (Fsp3) is 0.172. The first kappa shape index (κ1) is 25.7. The molecule has 1 N–H and O–H groups in total. The van der Waals surface area contributed by atoms with Gasteiger partial charge in [-0.25, -0.2) is 9.97 Å². The summed E-state index contributed by atoms with van der Waals surface area (Å²) in [5, 5.41) is 11.4. The molecule has 0 spiro atoms. The number of pyridine rings is 1. The number of methoxy groups -OCH3 is 1. The van der Waals surface area contributed by atoms with Crippen LogP contribution in [0.4, 0.5) is 8.78 Å². The molecule has 0 bridgehead atoms. The minimum atomic E-state index is -2.95. The monoisotopic (exact) mass is 533 g/mol. The third-order valence-corrected chi connectivity index (χ3v) is 6.99. The maximum absolute atomic E-state index is 13.1. The number of para-hydroxylation sites is 1. The maximum atomic E-state index is 13.1. The molecular weight excluding hydrogens is 508 g/mol. The first-order chi connectivity index (χ1) is 18.5. The zero-order valence-electron chi connectivity index (χ0n) is 20.7. The first-order valence-electron chi connectivity index (χ1n) is 11.8. The molecule has 0 aliphatic carbocycles. The molecule has 0 amide bonds. The molecule has 6 nitrogen and oxygen atoms in total. The summed E-state index contributed by atoms with van der Waals surface area (Å²) in [6.45, 7) is -2.79. The van der Waals surface area contributed by atoms with Gasteiger partial charge in [-0.05, 0) is 53.8 Å². The van der Waals surface area contributed by atoms with Gasteiger partial charge in [0.1, 0.15) is 17.7 Å². The van der Waals surface area contributed by atoms with Crippen molar-refractivity contribution in [3.05, 3.63) is 102 Å². The molecular formula is C29H25F2N3O3S.